The Kier molecular flexibility index (Phi) is 3.06. The lowest BCUT2D eigenvalue weighted by Gasteiger charge is -2.06. The largest absolute Gasteiger partial charge is 0.0989 e. The molecule has 0 saturated carbocycles. The zero-order chi connectivity index (χ0) is 6.62. The summed E-state index contributed by atoms with van der Waals surface area (Å²) in [6, 6.07) is 0. The van der Waals surface area contributed by atoms with E-state index in [0.717, 1.165) is 0 Å². The van der Waals surface area contributed by atoms with Gasteiger partial charge in [-0.3, -0.25) is 0 Å². The van der Waals surface area contributed by atoms with Gasteiger partial charge in [-0.25, -0.2) is 0 Å². The molecule has 0 saturated heterocycles. The molecule has 0 atom stereocenters. The Balaban J connectivity index is 3.52. The van der Waals surface area contributed by atoms with Crippen LogP contribution in [0.5, 0.6) is 0 Å². The monoisotopic (exact) mass is 128 g/mol. The van der Waals surface area contributed by atoms with Crippen molar-refractivity contribution < 1.29 is 0 Å². The number of rotatable bonds is 2. The van der Waals surface area contributed by atoms with Gasteiger partial charge < -0.3 is 0 Å². The summed E-state index contributed by atoms with van der Waals surface area (Å²) in [5.41, 5.74) is 2.38. The highest BCUT2D eigenvalue weighted by Gasteiger charge is 2.05. The van der Waals surface area contributed by atoms with Crippen LogP contribution in [0.15, 0.2) is 11.8 Å². The molecule has 0 fully saturated rings. The van der Waals surface area contributed by atoms with E-state index in [9.17, 15) is 0 Å². The summed E-state index contributed by atoms with van der Waals surface area (Å²) in [5, 5.41) is 0. The molecule has 1 heteroatoms. The van der Waals surface area contributed by atoms with E-state index < -0.39 is 8.07 Å². The normalized spacial score (nSPS) is 13.0. The molecule has 0 radical (unpaired) electrons. The van der Waals surface area contributed by atoms with Crippen molar-refractivity contribution in [3.05, 3.63) is 11.8 Å². The van der Waals surface area contributed by atoms with Gasteiger partial charge in [0.2, 0.25) is 0 Å². The number of allylic oxidation sites excluding steroid dienone is 1. The Morgan fingerprint density at radius 1 is 1.25 bits per heavy atom. The molecule has 0 aliphatic carbocycles. The molecule has 0 bridgehead atoms. The quantitative estimate of drug-likeness (QED) is 0.502. The first-order chi connectivity index (χ1) is 3.56. The molecule has 0 spiro atoms. The Labute approximate surface area is 53.6 Å². The smallest absolute Gasteiger partial charge is 0.0682 e. The number of hydrogen-bond donors (Lipinski definition) is 0. The van der Waals surface area contributed by atoms with Crippen LogP contribution in [0, 0.1) is 0 Å². The second-order valence-electron chi connectivity index (χ2n) is 3.18. The van der Waals surface area contributed by atoms with Gasteiger partial charge >= 0.3 is 0 Å². The first-order valence-electron chi connectivity index (χ1n) is 3.24. The van der Waals surface area contributed by atoms with Crippen molar-refractivity contribution in [2.45, 2.75) is 33.0 Å². The average molecular weight is 128 g/mol. The molecule has 0 aliphatic rings. The van der Waals surface area contributed by atoms with E-state index in [1.807, 2.05) is 0 Å². The predicted molar refractivity (Wildman–Crippen MR) is 42.8 cm³/mol. The van der Waals surface area contributed by atoms with Crippen molar-refractivity contribution in [3.63, 3.8) is 0 Å². The summed E-state index contributed by atoms with van der Waals surface area (Å²) in [6.45, 7) is 9.22. The van der Waals surface area contributed by atoms with Crippen LogP contribution >= 0.6 is 0 Å². The lowest BCUT2D eigenvalue weighted by molar-refractivity contribution is 1.23. The van der Waals surface area contributed by atoms with E-state index >= 15 is 0 Å². The average Bonchev–Trinajstić information content (AvgIpc) is 1.59. The van der Waals surface area contributed by atoms with Gasteiger partial charge in [0, 0.05) is 0 Å². The van der Waals surface area contributed by atoms with Gasteiger partial charge in [0.05, 0.1) is 8.07 Å². The summed E-state index contributed by atoms with van der Waals surface area (Å²) in [5.74, 6) is 0. The van der Waals surface area contributed by atoms with Crippen LogP contribution in [0.3, 0.4) is 0 Å². The van der Waals surface area contributed by atoms with E-state index in [2.05, 4.69) is 38.3 Å². The van der Waals surface area contributed by atoms with E-state index in [0.29, 0.717) is 0 Å². The van der Waals surface area contributed by atoms with Crippen molar-refractivity contribution in [1.82, 2.24) is 0 Å². The lowest BCUT2D eigenvalue weighted by atomic mass is 10.5. The SMILES string of the molecule is CC/C=C/[Si](C)(C)C. The van der Waals surface area contributed by atoms with E-state index in [1.54, 1.807) is 0 Å². The minimum atomic E-state index is -0.859. The molecule has 8 heavy (non-hydrogen) atoms. The summed E-state index contributed by atoms with van der Waals surface area (Å²) in [4.78, 5) is 0. The molecular formula is C7H16Si. The lowest BCUT2D eigenvalue weighted by Crippen LogP contribution is -2.15. The van der Waals surface area contributed by atoms with Crippen molar-refractivity contribution in [1.29, 1.82) is 0 Å². The van der Waals surface area contributed by atoms with Gasteiger partial charge in [0.1, 0.15) is 0 Å². The highest BCUT2D eigenvalue weighted by molar-refractivity contribution is 6.80. The van der Waals surface area contributed by atoms with Gasteiger partial charge in [0.15, 0.2) is 0 Å². The highest BCUT2D eigenvalue weighted by Crippen LogP contribution is 2.01. The van der Waals surface area contributed by atoms with Crippen LogP contribution in [0.25, 0.3) is 0 Å². The maximum Gasteiger partial charge on any atom is 0.0682 e. The van der Waals surface area contributed by atoms with Gasteiger partial charge in [-0.15, -0.1) is 0 Å². The van der Waals surface area contributed by atoms with Crippen LogP contribution in [0.2, 0.25) is 19.6 Å². The zero-order valence-corrected chi connectivity index (χ0v) is 7.36. The first kappa shape index (κ1) is 7.96. The summed E-state index contributed by atoms with van der Waals surface area (Å²) in [6.07, 6.45) is 3.45. The zero-order valence-electron chi connectivity index (χ0n) is 6.36. The molecule has 0 aliphatic heterocycles. The van der Waals surface area contributed by atoms with Crippen LogP contribution in [-0.2, 0) is 0 Å². The minimum absolute atomic E-state index is 0.859. The van der Waals surface area contributed by atoms with Crippen LogP contribution in [0.4, 0.5) is 0 Å². The van der Waals surface area contributed by atoms with Gasteiger partial charge in [0.25, 0.3) is 0 Å². The van der Waals surface area contributed by atoms with Crippen LogP contribution < -0.4 is 0 Å². The van der Waals surface area contributed by atoms with E-state index in [4.69, 9.17) is 0 Å². The third-order valence-electron chi connectivity index (χ3n) is 0.854. The summed E-state index contributed by atoms with van der Waals surface area (Å²) < 4.78 is 0. The molecule has 0 amide bonds. The molecule has 0 N–H and O–H groups in total. The number of hydrogen-bond acceptors (Lipinski definition) is 0. The van der Waals surface area contributed by atoms with Crippen molar-refractivity contribution in [2.24, 2.45) is 0 Å². The van der Waals surface area contributed by atoms with Gasteiger partial charge in [-0.2, -0.15) is 0 Å². The second-order valence-corrected chi connectivity index (χ2v) is 8.24. The molecule has 0 aromatic carbocycles. The Morgan fingerprint density at radius 3 is 1.88 bits per heavy atom. The van der Waals surface area contributed by atoms with Crippen molar-refractivity contribution >= 4 is 8.07 Å². The van der Waals surface area contributed by atoms with Crippen molar-refractivity contribution in [2.75, 3.05) is 0 Å². The fourth-order valence-electron chi connectivity index (χ4n) is 0.471. The molecule has 48 valence electrons. The molecule has 0 unspecified atom stereocenters. The fraction of sp³-hybridized carbons (Fsp3) is 0.714. The standard InChI is InChI=1S/C7H16Si/c1-5-6-7-8(2,3)4/h6-7H,5H2,1-4H3/b7-6+. The summed E-state index contributed by atoms with van der Waals surface area (Å²) >= 11 is 0. The topological polar surface area (TPSA) is 0 Å². The maximum absolute atomic E-state index is 2.38. The van der Waals surface area contributed by atoms with E-state index in [1.165, 1.54) is 6.42 Å². The van der Waals surface area contributed by atoms with Gasteiger partial charge in [-0.05, 0) is 6.42 Å². The maximum atomic E-state index is 2.38. The molecule has 0 aromatic heterocycles. The van der Waals surface area contributed by atoms with E-state index in [-0.39, 0.29) is 0 Å². The molecule has 0 aromatic rings. The van der Waals surface area contributed by atoms with Gasteiger partial charge in [-0.1, -0.05) is 38.3 Å². The highest BCUT2D eigenvalue weighted by atomic mass is 28.3. The Morgan fingerprint density at radius 2 is 1.75 bits per heavy atom. The predicted octanol–water partition coefficient (Wildman–Crippen LogP) is 2.83. The Hall–Kier alpha value is -0.0431. The fourth-order valence-corrected chi connectivity index (χ4v) is 1.41. The minimum Gasteiger partial charge on any atom is -0.0989 e. The molecule has 0 rings (SSSR count). The summed E-state index contributed by atoms with van der Waals surface area (Å²) in [7, 11) is -0.859. The third kappa shape index (κ3) is 5.96. The molecular weight excluding hydrogens is 112 g/mol. The molecule has 0 nitrogen and oxygen atoms in total. The van der Waals surface area contributed by atoms with Crippen LogP contribution in [0.1, 0.15) is 13.3 Å². The Bertz CT molecular complexity index is 76.9. The van der Waals surface area contributed by atoms with Crippen molar-refractivity contribution in [3.8, 4) is 0 Å². The first-order valence-corrected chi connectivity index (χ1v) is 6.81. The second kappa shape index (κ2) is 3.08. The molecule has 0 heterocycles. The van der Waals surface area contributed by atoms with Crippen LogP contribution in [-0.4, -0.2) is 8.07 Å². The third-order valence-corrected chi connectivity index (χ3v) is 2.09.